The van der Waals surface area contributed by atoms with E-state index >= 15 is 0 Å². The second-order valence-electron chi connectivity index (χ2n) is 6.18. The van der Waals surface area contributed by atoms with Gasteiger partial charge in [-0.2, -0.15) is 4.98 Å². The number of hydrogen-bond donors (Lipinski definition) is 1. The summed E-state index contributed by atoms with van der Waals surface area (Å²) < 4.78 is 4.24. The van der Waals surface area contributed by atoms with Crippen LogP contribution in [0.3, 0.4) is 0 Å². The zero-order valence-corrected chi connectivity index (χ0v) is 16.2. The predicted octanol–water partition coefficient (Wildman–Crippen LogP) is 0.976. The number of H-pyrrole nitrogens is 1. The maximum atomic E-state index is 12.5. The summed E-state index contributed by atoms with van der Waals surface area (Å²) in [6, 6.07) is 0. The molecule has 9 nitrogen and oxygen atoms in total. The van der Waals surface area contributed by atoms with Gasteiger partial charge in [-0.3, -0.25) is 14.3 Å². The number of anilines is 1. The molecular weight excluding hydrogens is 374 g/mol. The number of aromatic nitrogens is 6. The number of nitrogens with zero attached hydrogens (tertiary/aromatic N) is 6. The predicted molar refractivity (Wildman–Crippen MR) is 102 cm³/mol. The van der Waals surface area contributed by atoms with Crippen LogP contribution in [-0.4, -0.2) is 48.1 Å². The molecule has 11 heteroatoms. The van der Waals surface area contributed by atoms with Gasteiger partial charge in [0.1, 0.15) is 5.01 Å². The lowest BCUT2D eigenvalue weighted by Gasteiger charge is -2.18. The van der Waals surface area contributed by atoms with E-state index in [-0.39, 0.29) is 0 Å². The Labute approximate surface area is 157 Å². The average molecular weight is 393 g/mol. The highest BCUT2D eigenvalue weighted by Crippen LogP contribution is 2.26. The molecule has 0 aromatic carbocycles. The van der Waals surface area contributed by atoms with Crippen molar-refractivity contribution in [2.24, 2.45) is 7.05 Å². The first kappa shape index (κ1) is 17.3. The largest absolute Gasteiger partial charge is 0.342 e. The molecule has 26 heavy (non-hydrogen) atoms. The van der Waals surface area contributed by atoms with Crippen LogP contribution in [0.2, 0.25) is 0 Å². The van der Waals surface area contributed by atoms with E-state index in [9.17, 15) is 9.59 Å². The second-order valence-corrected chi connectivity index (χ2v) is 8.71. The summed E-state index contributed by atoms with van der Waals surface area (Å²) in [5.74, 6) is 1.50. The molecule has 3 aromatic rings. The van der Waals surface area contributed by atoms with Crippen molar-refractivity contribution in [2.75, 3.05) is 23.7 Å². The number of aryl methyl sites for hydroxylation is 3. The van der Waals surface area contributed by atoms with E-state index in [0.29, 0.717) is 17.7 Å². The third-order valence-corrected chi connectivity index (χ3v) is 6.38. The van der Waals surface area contributed by atoms with Gasteiger partial charge in [-0.15, -0.1) is 10.2 Å². The molecule has 4 heterocycles. The number of rotatable bonds is 5. The molecule has 3 aromatic heterocycles. The van der Waals surface area contributed by atoms with Crippen LogP contribution < -0.4 is 16.1 Å². The van der Waals surface area contributed by atoms with Crippen LogP contribution in [0.4, 0.5) is 5.95 Å². The van der Waals surface area contributed by atoms with E-state index in [4.69, 9.17) is 0 Å². The van der Waals surface area contributed by atoms with Crippen molar-refractivity contribution in [3.05, 3.63) is 25.8 Å². The van der Waals surface area contributed by atoms with Gasteiger partial charge >= 0.3 is 5.69 Å². The van der Waals surface area contributed by atoms with Crippen LogP contribution in [-0.2, 0) is 13.6 Å². The standard InChI is InChI=1S/C15H19N7O2S2/c1-9-18-19-15(26-9)25-8-7-22-10-11(20(2)14(24)17-12(10)23)16-13(22)21-5-3-4-6-21/h3-8H2,1-2H3,(H,17,23,24). The number of aromatic amines is 1. The Balaban J connectivity index is 1.72. The fourth-order valence-electron chi connectivity index (χ4n) is 3.15. The maximum absolute atomic E-state index is 12.5. The molecular formula is C15H19N7O2S2. The van der Waals surface area contributed by atoms with Crippen LogP contribution in [0.5, 0.6) is 0 Å². The van der Waals surface area contributed by atoms with Crippen LogP contribution in [0, 0.1) is 6.92 Å². The lowest BCUT2D eigenvalue weighted by molar-refractivity contribution is 0.752. The van der Waals surface area contributed by atoms with E-state index in [0.717, 1.165) is 47.0 Å². The minimum Gasteiger partial charge on any atom is -0.342 e. The molecule has 1 aliphatic heterocycles. The highest BCUT2D eigenvalue weighted by Gasteiger charge is 2.23. The highest BCUT2D eigenvalue weighted by atomic mass is 32.2. The summed E-state index contributed by atoms with van der Waals surface area (Å²) in [4.78, 5) is 33.6. The first-order valence-corrected chi connectivity index (χ1v) is 10.2. The molecule has 0 bridgehead atoms. The van der Waals surface area contributed by atoms with E-state index in [2.05, 4.69) is 25.1 Å². The third kappa shape index (κ3) is 3.05. The van der Waals surface area contributed by atoms with E-state index in [1.54, 1.807) is 30.1 Å². The van der Waals surface area contributed by atoms with Gasteiger partial charge in [0.05, 0.1) is 0 Å². The minimum absolute atomic E-state index is 0.391. The molecule has 4 rings (SSSR count). The number of fused-ring (bicyclic) bond motifs is 1. The molecule has 0 amide bonds. The molecule has 0 radical (unpaired) electrons. The summed E-state index contributed by atoms with van der Waals surface area (Å²) in [5, 5.41) is 9.08. The van der Waals surface area contributed by atoms with E-state index < -0.39 is 11.2 Å². The Morgan fingerprint density at radius 1 is 1.23 bits per heavy atom. The molecule has 138 valence electrons. The first-order valence-electron chi connectivity index (χ1n) is 8.42. The lowest BCUT2D eigenvalue weighted by Crippen LogP contribution is -2.29. The molecule has 0 aliphatic carbocycles. The van der Waals surface area contributed by atoms with E-state index in [1.807, 2.05) is 11.5 Å². The molecule has 0 unspecified atom stereocenters. The SMILES string of the molecule is Cc1nnc(SCCn2c(N3CCCC3)nc3c2c(=O)[nH]c(=O)n3C)s1. The van der Waals surface area contributed by atoms with Crippen LogP contribution >= 0.6 is 23.1 Å². The van der Waals surface area contributed by atoms with Gasteiger partial charge in [0.15, 0.2) is 15.5 Å². The van der Waals surface area contributed by atoms with Crippen molar-refractivity contribution in [3.8, 4) is 0 Å². The first-order chi connectivity index (χ1) is 12.5. The maximum Gasteiger partial charge on any atom is 0.329 e. The summed E-state index contributed by atoms with van der Waals surface area (Å²) in [6.07, 6.45) is 2.22. The molecule has 0 saturated carbocycles. The molecule has 0 spiro atoms. The lowest BCUT2D eigenvalue weighted by atomic mass is 10.4. The quantitative estimate of drug-likeness (QED) is 0.645. The van der Waals surface area contributed by atoms with Gasteiger partial charge in [0.2, 0.25) is 5.95 Å². The van der Waals surface area contributed by atoms with Crippen molar-refractivity contribution in [2.45, 2.75) is 30.6 Å². The Kier molecular flexibility index (Phi) is 4.57. The zero-order chi connectivity index (χ0) is 18.3. The van der Waals surface area contributed by atoms with Gasteiger partial charge in [0.25, 0.3) is 5.56 Å². The Bertz CT molecular complexity index is 1060. The third-order valence-electron chi connectivity index (χ3n) is 4.42. The Hall–Kier alpha value is -2.14. The van der Waals surface area contributed by atoms with Gasteiger partial charge in [-0.05, 0) is 19.8 Å². The normalized spacial score (nSPS) is 14.6. The second kappa shape index (κ2) is 6.88. The zero-order valence-electron chi connectivity index (χ0n) is 14.6. The molecule has 1 aliphatic rings. The Morgan fingerprint density at radius 2 is 2.00 bits per heavy atom. The van der Waals surface area contributed by atoms with Crippen LogP contribution in [0.1, 0.15) is 17.8 Å². The van der Waals surface area contributed by atoms with E-state index in [1.165, 1.54) is 4.57 Å². The van der Waals surface area contributed by atoms with Crippen molar-refractivity contribution in [1.29, 1.82) is 0 Å². The summed E-state index contributed by atoms with van der Waals surface area (Å²) in [5.41, 5.74) is 0.0390. The highest BCUT2D eigenvalue weighted by molar-refractivity contribution is 8.01. The topological polar surface area (TPSA) is 102 Å². The number of nitrogens with one attached hydrogen (secondary N) is 1. The van der Waals surface area contributed by atoms with Crippen molar-refractivity contribution < 1.29 is 0 Å². The summed E-state index contributed by atoms with van der Waals surface area (Å²) >= 11 is 3.17. The van der Waals surface area contributed by atoms with Crippen LogP contribution in [0.25, 0.3) is 11.2 Å². The summed E-state index contributed by atoms with van der Waals surface area (Å²) in [6.45, 7) is 4.36. The monoisotopic (exact) mass is 393 g/mol. The molecule has 1 fully saturated rings. The summed E-state index contributed by atoms with van der Waals surface area (Å²) in [7, 11) is 1.63. The minimum atomic E-state index is -0.446. The Morgan fingerprint density at radius 3 is 2.69 bits per heavy atom. The molecule has 0 atom stereocenters. The molecule has 1 saturated heterocycles. The van der Waals surface area contributed by atoms with Gasteiger partial charge in [0, 0.05) is 32.4 Å². The smallest absolute Gasteiger partial charge is 0.329 e. The number of imidazole rings is 1. The fourth-order valence-corrected chi connectivity index (χ4v) is 4.96. The van der Waals surface area contributed by atoms with Gasteiger partial charge in [-0.25, -0.2) is 4.79 Å². The fraction of sp³-hybridized carbons (Fsp3) is 0.533. The number of thioether (sulfide) groups is 1. The molecule has 1 N–H and O–H groups in total. The average Bonchev–Trinajstić information content (AvgIpc) is 3.32. The van der Waals surface area contributed by atoms with Gasteiger partial charge < -0.3 is 9.47 Å². The van der Waals surface area contributed by atoms with Gasteiger partial charge in [-0.1, -0.05) is 23.1 Å². The van der Waals surface area contributed by atoms with Crippen molar-refractivity contribution >= 4 is 40.2 Å². The van der Waals surface area contributed by atoms with Crippen LogP contribution in [0.15, 0.2) is 13.9 Å². The van der Waals surface area contributed by atoms with Crippen molar-refractivity contribution in [1.82, 2.24) is 29.3 Å². The van der Waals surface area contributed by atoms with Crippen molar-refractivity contribution in [3.63, 3.8) is 0 Å². The number of hydrogen-bond acceptors (Lipinski definition) is 8.